The van der Waals surface area contributed by atoms with E-state index in [0.29, 0.717) is 17.5 Å². The van der Waals surface area contributed by atoms with Crippen molar-refractivity contribution >= 4 is 11.8 Å². The van der Waals surface area contributed by atoms with E-state index in [-0.39, 0.29) is 18.0 Å². The van der Waals surface area contributed by atoms with Crippen LogP contribution in [0, 0.1) is 0 Å². The molecule has 1 unspecified atom stereocenters. The zero-order chi connectivity index (χ0) is 25.3. The summed E-state index contributed by atoms with van der Waals surface area (Å²) in [6.45, 7) is 4.48. The third-order valence-corrected chi connectivity index (χ3v) is 7.05. The van der Waals surface area contributed by atoms with Crippen LogP contribution < -0.4 is 0 Å². The Labute approximate surface area is 213 Å². The number of hydrogen-bond donors (Lipinski definition) is 1. The number of benzene rings is 3. The van der Waals surface area contributed by atoms with E-state index in [0.717, 1.165) is 38.9 Å². The van der Waals surface area contributed by atoms with Gasteiger partial charge in [0, 0.05) is 25.1 Å². The van der Waals surface area contributed by atoms with Gasteiger partial charge in [0.25, 0.3) is 0 Å². The van der Waals surface area contributed by atoms with E-state index in [1.165, 1.54) is 11.1 Å². The minimum absolute atomic E-state index is 0.0635. The molecule has 3 aromatic rings. The molecule has 4 rings (SSSR count). The summed E-state index contributed by atoms with van der Waals surface area (Å²) in [6, 6.07) is 27.8. The molecular weight excluding hydrogens is 450 g/mol. The minimum Gasteiger partial charge on any atom is -0.481 e. The summed E-state index contributed by atoms with van der Waals surface area (Å²) in [6.07, 6.45) is 3.41. The smallest absolute Gasteiger partial charge is 0.310 e. The molecular formula is C31H35NO4. The van der Waals surface area contributed by atoms with Crippen LogP contribution in [0.25, 0.3) is 0 Å². The number of ketones is 1. The van der Waals surface area contributed by atoms with Crippen molar-refractivity contribution in [3.63, 3.8) is 0 Å². The van der Waals surface area contributed by atoms with Crippen LogP contribution in [0.15, 0.2) is 84.9 Å². The molecule has 3 aromatic carbocycles. The van der Waals surface area contributed by atoms with Crippen molar-refractivity contribution in [1.29, 1.82) is 0 Å². The number of likely N-dealkylation sites (tertiary alicyclic amines) is 1. The number of Topliss-reactive ketones (excluding diaryl/α,β-unsaturated/α-hetero) is 1. The van der Waals surface area contributed by atoms with Gasteiger partial charge in [-0.3, -0.25) is 9.59 Å². The number of nitrogens with zero attached hydrogens (tertiary/aromatic N) is 1. The average Bonchev–Trinajstić information content (AvgIpc) is 2.93. The molecule has 0 aliphatic carbocycles. The lowest BCUT2D eigenvalue weighted by atomic mass is 9.98. The van der Waals surface area contributed by atoms with Crippen LogP contribution in [-0.4, -0.2) is 47.5 Å². The fourth-order valence-electron chi connectivity index (χ4n) is 4.77. The molecule has 0 aromatic heterocycles. The van der Waals surface area contributed by atoms with Gasteiger partial charge in [0.05, 0.1) is 12.0 Å². The topological polar surface area (TPSA) is 66.8 Å². The molecule has 0 amide bonds. The third kappa shape index (κ3) is 6.90. The van der Waals surface area contributed by atoms with E-state index < -0.39 is 11.9 Å². The summed E-state index contributed by atoms with van der Waals surface area (Å²) in [4.78, 5) is 26.1. The van der Waals surface area contributed by atoms with Crippen molar-refractivity contribution in [3.05, 3.63) is 107 Å². The highest BCUT2D eigenvalue weighted by atomic mass is 16.5. The maximum atomic E-state index is 12.6. The van der Waals surface area contributed by atoms with Gasteiger partial charge in [0.15, 0.2) is 5.78 Å². The van der Waals surface area contributed by atoms with Gasteiger partial charge in [-0.1, -0.05) is 84.9 Å². The van der Waals surface area contributed by atoms with E-state index in [2.05, 4.69) is 53.4 Å². The van der Waals surface area contributed by atoms with Crippen LogP contribution in [-0.2, 0) is 9.53 Å². The number of carboxylic acids is 1. The van der Waals surface area contributed by atoms with E-state index in [4.69, 9.17) is 9.84 Å². The van der Waals surface area contributed by atoms with Crippen LogP contribution >= 0.6 is 0 Å². The summed E-state index contributed by atoms with van der Waals surface area (Å²) in [5.74, 6) is -1.33. The number of carbonyl (C=O) groups is 2. The highest BCUT2D eigenvalue weighted by Gasteiger charge is 2.24. The first-order valence-corrected chi connectivity index (χ1v) is 12.8. The van der Waals surface area contributed by atoms with Gasteiger partial charge in [0.2, 0.25) is 0 Å². The van der Waals surface area contributed by atoms with Crippen molar-refractivity contribution in [1.82, 2.24) is 4.90 Å². The number of hydrogen-bond acceptors (Lipinski definition) is 4. The van der Waals surface area contributed by atoms with E-state index in [9.17, 15) is 9.59 Å². The Morgan fingerprint density at radius 3 is 1.94 bits per heavy atom. The third-order valence-electron chi connectivity index (χ3n) is 7.05. The van der Waals surface area contributed by atoms with Crippen molar-refractivity contribution < 1.29 is 19.4 Å². The van der Waals surface area contributed by atoms with Gasteiger partial charge in [0.1, 0.15) is 6.10 Å². The molecule has 1 N–H and O–H groups in total. The predicted octanol–water partition coefficient (Wildman–Crippen LogP) is 6.11. The maximum Gasteiger partial charge on any atom is 0.310 e. The van der Waals surface area contributed by atoms with Crippen LogP contribution in [0.3, 0.4) is 0 Å². The van der Waals surface area contributed by atoms with Gasteiger partial charge in [-0.05, 0) is 49.4 Å². The second-order valence-corrected chi connectivity index (χ2v) is 9.59. The Kier molecular flexibility index (Phi) is 9.04. The molecule has 1 aliphatic heterocycles. The molecule has 0 bridgehead atoms. The summed E-state index contributed by atoms with van der Waals surface area (Å²) >= 11 is 0. The fraction of sp³-hybridized carbons (Fsp3) is 0.355. The molecule has 1 aliphatic rings. The van der Waals surface area contributed by atoms with Gasteiger partial charge < -0.3 is 14.7 Å². The number of aliphatic carboxylic acids is 1. The Balaban J connectivity index is 1.23. The zero-order valence-corrected chi connectivity index (χ0v) is 20.9. The Hall–Kier alpha value is -3.28. The second kappa shape index (κ2) is 12.6. The number of piperidine rings is 1. The summed E-state index contributed by atoms with van der Waals surface area (Å²) in [5.41, 5.74) is 3.72. The Morgan fingerprint density at radius 1 is 0.861 bits per heavy atom. The molecule has 5 heteroatoms. The quantitative estimate of drug-likeness (QED) is 0.332. The SMILES string of the molecule is CC(C(=O)O)c1ccc(C(=O)CCCN2CCC(OC(c3ccccc3)c3ccccc3)CC2)cc1. The Morgan fingerprint density at radius 2 is 1.42 bits per heavy atom. The van der Waals surface area contributed by atoms with Crippen LogP contribution in [0.5, 0.6) is 0 Å². The number of carboxylic acid groups (broad SMARTS) is 1. The van der Waals surface area contributed by atoms with Crippen LogP contribution in [0.2, 0.25) is 0 Å². The molecule has 1 saturated heterocycles. The number of carbonyl (C=O) groups excluding carboxylic acids is 1. The monoisotopic (exact) mass is 485 g/mol. The molecule has 5 nitrogen and oxygen atoms in total. The lowest BCUT2D eigenvalue weighted by Gasteiger charge is -2.34. The molecule has 36 heavy (non-hydrogen) atoms. The zero-order valence-electron chi connectivity index (χ0n) is 20.9. The van der Waals surface area contributed by atoms with Crippen molar-refractivity contribution in [3.8, 4) is 0 Å². The normalized spacial score (nSPS) is 15.6. The maximum absolute atomic E-state index is 12.6. The highest BCUT2D eigenvalue weighted by molar-refractivity contribution is 5.96. The van der Waals surface area contributed by atoms with E-state index >= 15 is 0 Å². The first kappa shape index (κ1) is 25.8. The second-order valence-electron chi connectivity index (χ2n) is 9.59. The van der Waals surface area contributed by atoms with Crippen molar-refractivity contribution in [2.24, 2.45) is 0 Å². The Bertz CT molecular complexity index is 1070. The largest absolute Gasteiger partial charge is 0.481 e. The van der Waals surface area contributed by atoms with Gasteiger partial charge in [-0.25, -0.2) is 0 Å². The van der Waals surface area contributed by atoms with Crippen molar-refractivity contribution in [2.45, 2.75) is 50.7 Å². The van der Waals surface area contributed by atoms with E-state index in [1.54, 1.807) is 31.2 Å². The summed E-state index contributed by atoms with van der Waals surface area (Å²) in [5, 5.41) is 9.14. The molecule has 1 heterocycles. The summed E-state index contributed by atoms with van der Waals surface area (Å²) in [7, 11) is 0. The first-order valence-electron chi connectivity index (χ1n) is 12.8. The predicted molar refractivity (Wildman–Crippen MR) is 141 cm³/mol. The highest BCUT2D eigenvalue weighted by Crippen LogP contribution is 2.30. The van der Waals surface area contributed by atoms with Crippen LogP contribution in [0.4, 0.5) is 0 Å². The molecule has 1 atom stereocenters. The fourth-order valence-corrected chi connectivity index (χ4v) is 4.77. The van der Waals surface area contributed by atoms with Crippen LogP contribution in [0.1, 0.15) is 71.7 Å². The minimum atomic E-state index is -0.862. The summed E-state index contributed by atoms with van der Waals surface area (Å²) < 4.78 is 6.64. The van der Waals surface area contributed by atoms with Crippen molar-refractivity contribution in [2.75, 3.05) is 19.6 Å². The lowest BCUT2D eigenvalue weighted by Crippen LogP contribution is -2.38. The molecule has 0 spiro atoms. The average molecular weight is 486 g/mol. The number of rotatable bonds is 11. The molecule has 188 valence electrons. The van der Waals surface area contributed by atoms with Gasteiger partial charge >= 0.3 is 5.97 Å². The lowest BCUT2D eigenvalue weighted by molar-refractivity contribution is -0.138. The van der Waals surface area contributed by atoms with Gasteiger partial charge in [-0.15, -0.1) is 0 Å². The number of ether oxygens (including phenoxy) is 1. The molecule has 1 fully saturated rings. The van der Waals surface area contributed by atoms with E-state index in [1.807, 2.05) is 12.1 Å². The van der Waals surface area contributed by atoms with Gasteiger partial charge in [-0.2, -0.15) is 0 Å². The standard InChI is InChI=1S/C31H35NO4/c1-23(31(34)35)24-14-16-25(17-15-24)29(33)13-8-20-32-21-18-28(19-22-32)36-30(26-9-4-2-5-10-26)27-11-6-3-7-12-27/h2-7,9-12,14-17,23,28,30H,8,13,18-22H2,1H3,(H,34,35). The molecule has 0 radical (unpaired) electrons. The first-order chi connectivity index (χ1) is 17.5. The molecule has 0 saturated carbocycles.